The maximum atomic E-state index is 11.4. The molecule has 7 aromatic rings. The zero-order valence-electron chi connectivity index (χ0n) is 25.7. The van der Waals surface area contributed by atoms with Crippen molar-refractivity contribution in [1.82, 2.24) is 15.0 Å². The predicted octanol–water partition coefficient (Wildman–Crippen LogP) is 11.4. The van der Waals surface area contributed by atoms with Gasteiger partial charge in [0.1, 0.15) is 11.0 Å². The van der Waals surface area contributed by atoms with Crippen LogP contribution in [0.2, 0.25) is 0 Å². The first-order chi connectivity index (χ1) is 22.7. The van der Waals surface area contributed by atoms with Gasteiger partial charge in [-0.25, -0.2) is 0 Å². The van der Waals surface area contributed by atoms with Crippen LogP contribution in [0.4, 0.5) is 17.1 Å². The molecule has 46 heavy (non-hydrogen) atoms. The topological polar surface area (TPSA) is 51.0 Å². The number of thiophene rings is 2. The molecule has 0 radical (unpaired) electrons. The minimum atomic E-state index is 0.712. The standard InChI is InChI=1S/C39H34N4OS2/c1-2-3-4-11-26-42-40-38-33(36-23-20-32(27-44)45-36)21-22-34(39(38)41-42)37-25-24-35(46-37)28-16-18-31(19-17-28)43(29-12-7-5-8-13-29)30-14-9-6-10-15-30/h5-10,12-25,27H,2-4,11,26H2,1H3. The van der Waals surface area contributed by atoms with Crippen LogP contribution in [-0.2, 0) is 6.54 Å². The van der Waals surface area contributed by atoms with Crippen molar-refractivity contribution in [2.45, 2.75) is 39.2 Å². The van der Waals surface area contributed by atoms with Crippen molar-refractivity contribution in [3.05, 3.63) is 126 Å². The Morgan fingerprint density at radius 3 is 1.76 bits per heavy atom. The van der Waals surface area contributed by atoms with Crippen molar-refractivity contribution in [2.24, 2.45) is 0 Å². The third-order valence-corrected chi connectivity index (χ3v) is 10.3. The molecule has 0 unspecified atom stereocenters. The van der Waals surface area contributed by atoms with Crippen LogP contribution in [0.15, 0.2) is 121 Å². The van der Waals surface area contributed by atoms with Crippen LogP contribution in [0.25, 0.3) is 42.4 Å². The molecular weight excluding hydrogens is 605 g/mol. The molecule has 0 N–H and O–H groups in total. The number of carbonyl (C=O) groups excluding carboxylic acids is 1. The van der Waals surface area contributed by atoms with Gasteiger partial charge in [0.2, 0.25) is 0 Å². The fourth-order valence-electron chi connectivity index (χ4n) is 5.79. The Bertz CT molecular complexity index is 2020. The molecule has 0 spiro atoms. The van der Waals surface area contributed by atoms with E-state index in [2.05, 4.69) is 109 Å². The van der Waals surface area contributed by atoms with Crippen LogP contribution >= 0.6 is 22.7 Å². The lowest BCUT2D eigenvalue weighted by Gasteiger charge is -2.25. The zero-order chi connectivity index (χ0) is 31.3. The van der Waals surface area contributed by atoms with Gasteiger partial charge in [0.05, 0.1) is 11.4 Å². The lowest BCUT2D eigenvalue weighted by atomic mass is 10.1. The maximum Gasteiger partial charge on any atom is 0.160 e. The van der Waals surface area contributed by atoms with Gasteiger partial charge in [-0.2, -0.15) is 15.0 Å². The Morgan fingerprint density at radius 2 is 1.17 bits per heavy atom. The van der Waals surface area contributed by atoms with E-state index >= 15 is 0 Å². The van der Waals surface area contributed by atoms with E-state index < -0.39 is 0 Å². The summed E-state index contributed by atoms with van der Waals surface area (Å²) in [5.41, 5.74) is 8.41. The number of anilines is 3. The van der Waals surface area contributed by atoms with Crippen molar-refractivity contribution in [2.75, 3.05) is 4.90 Å². The molecule has 0 aliphatic rings. The number of hydrogen-bond acceptors (Lipinski definition) is 6. The molecule has 7 rings (SSSR count). The van der Waals surface area contributed by atoms with E-state index in [0.29, 0.717) is 4.88 Å². The Balaban J connectivity index is 1.21. The van der Waals surface area contributed by atoms with Gasteiger partial charge >= 0.3 is 0 Å². The molecule has 0 fully saturated rings. The number of unbranched alkanes of at least 4 members (excludes halogenated alkanes) is 3. The summed E-state index contributed by atoms with van der Waals surface area (Å²) in [6.45, 7) is 3.02. The first-order valence-corrected chi connectivity index (χ1v) is 17.4. The second-order valence-electron chi connectivity index (χ2n) is 11.3. The number of rotatable bonds is 12. The molecule has 0 aliphatic heterocycles. The summed E-state index contributed by atoms with van der Waals surface area (Å²) < 4.78 is 0. The summed E-state index contributed by atoms with van der Waals surface area (Å²) in [7, 11) is 0. The van der Waals surface area contributed by atoms with Crippen LogP contribution in [0, 0.1) is 0 Å². The van der Waals surface area contributed by atoms with Gasteiger partial charge < -0.3 is 4.90 Å². The fraction of sp³-hybridized carbons (Fsp3) is 0.154. The Kier molecular flexibility index (Phi) is 8.85. The highest BCUT2D eigenvalue weighted by Crippen LogP contribution is 2.42. The molecule has 0 saturated heterocycles. The van der Waals surface area contributed by atoms with E-state index in [1.54, 1.807) is 11.3 Å². The smallest absolute Gasteiger partial charge is 0.160 e. The summed E-state index contributed by atoms with van der Waals surface area (Å²) in [5.74, 6) is 0. The summed E-state index contributed by atoms with van der Waals surface area (Å²) >= 11 is 3.26. The number of aldehydes is 1. The molecule has 0 bridgehead atoms. The van der Waals surface area contributed by atoms with Crippen molar-refractivity contribution in [3.8, 4) is 31.3 Å². The molecular formula is C39H34N4OS2. The Labute approximate surface area is 277 Å². The van der Waals surface area contributed by atoms with Gasteiger partial charge in [-0.15, -0.1) is 22.7 Å². The summed E-state index contributed by atoms with van der Waals surface area (Å²) in [4.78, 5) is 19.6. The molecule has 5 nitrogen and oxygen atoms in total. The largest absolute Gasteiger partial charge is 0.311 e. The minimum Gasteiger partial charge on any atom is -0.311 e. The first-order valence-electron chi connectivity index (χ1n) is 15.8. The lowest BCUT2D eigenvalue weighted by molar-refractivity contribution is 0.112. The predicted molar refractivity (Wildman–Crippen MR) is 194 cm³/mol. The van der Waals surface area contributed by atoms with Crippen LogP contribution in [0.1, 0.15) is 42.3 Å². The highest BCUT2D eigenvalue weighted by atomic mass is 32.1. The van der Waals surface area contributed by atoms with Gasteiger partial charge in [0, 0.05) is 42.8 Å². The lowest BCUT2D eigenvalue weighted by Crippen LogP contribution is -2.09. The van der Waals surface area contributed by atoms with Crippen molar-refractivity contribution in [3.63, 3.8) is 0 Å². The summed E-state index contributed by atoms with van der Waals surface area (Å²) in [5, 5.41) is 9.99. The highest BCUT2D eigenvalue weighted by Gasteiger charge is 2.18. The molecule has 0 amide bonds. The van der Waals surface area contributed by atoms with E-state index in [-0.39, 0.29) is 0 Å². The Hall–Kier alpha value is -4.85. The second-order valence-corrected chi connectivity index (χ2v) is 13.5. The molecule has 3 heterocycles. The first kappa shape index (κ1) is 29.8. The highest BCUT2D eigenvalue weighted by molar-refractivity contribution is 7.19. The summed E-state index contributed by atoms with van der Waals surface area (Å²) in [6.07, 6.45) is 5.55. The van der Waals surface area contributed by atoms with Crippen LogP contribution in [0.5, 0.6) is 0 Å². The molecule has 228 valence electrons. The average molecular weight is 639 g/mol. The third kappa shape index (κ3) is 6.16. The van der Waals surface area contributed by atoms with E-state index in [1.165, 1.54) is 41.0 Å². The number of nitrogens with zero attached hydrogens (tertiary/aromatic N) is 4. The number of hydrogen-bond donors (Lipinski definition) is 0. The SMILES string of the molecule is CCCCCCn1nc2c(-c3ccc(C=O)s3)ccc(-c3ccc(-c4ccc(N(c5ccccc5)c5ccccc5)cc4)s3)c2n1. The third-order valence-electron chi connectivity index (χ3n) is 8.11. The number of aryl methyl sites for hydroxylation is 1. The van der Waals surface area contributed by atoms with Crippen molar-refractivity contribution in [1.29, 1.82) is 0 Å². The van der Waals surface area contributed by atoms with Crippen molar-refractivity contribution >= 4 is 57.1 Å². The Morgan fingerprint density at radius 1 is 0.609 bits per heavy atom. The number of benzene rings is 4. The van der Waals surface area contributed by atoms with Crippen LogP contribution in [-0.4, -0.2) is 21.3 Å². The normalized spacial score (nSPS) is 11.2. The van der Waals surface area contributed by atoms with Crippen LogP contribution < -0.4 is 4.90 Å². The molecule has 0 saturated carbocycles. The molecule has 0 aliphatic carbocycles. The number of carbonyl (C=O) groups is 1. The fourth-order valence-corrected chi connectivity index (χ4v) is 7.67. The minimum absolute atomic E-state index is 0.712. The average Bonchev–Trinajstić information content (AvgIpc) is 3.88. The molecule has 0 atom stereocenters. The number of fused-ring (bicyclic) bond motifs is 1. The van der Waals surface area contributed by atoms with E-state index in [1.807, 2.05) is 29.1 Å². The molecule has 3 aromatic heterocycles. The van der Waals surface area contributed by atoms with E-state index in [9.17, 15) is 4.79 Å². The van der Waals surface area contributed by atoms with Gasteiger partial charge in [-0.05, 0) is 72.6 Å². The quantitative estimate of drug-likeness (QED) is 0.0987. The molecule has 4 aromatic carbocycles. The van der Waals surface area contributed by atoms with Gasteiger partial charge in [0.25, 0.3) is 0 Å². The van der Waals surface area contributed by atoms with Gasteiger partial charge in [-0.3, -0.25) is 4.79 Å². The number of aromatic nitrogens is 3. The van der Waals surface area contributed by atoms with Crippen molar-refractivity contribution < 1.29 is 4.79 Å². The monoisotopic (exact) mass is 638 g/mol. The second kappa shape index (κ2) is 13.6. The van der Waals surface area contributed by atoms with E-state index in [4.69, 9.17) is 10.2 Å². The zero-order valence-corrected chi connectivity index (χ0v) is 27.3. The van der Waals surface area contributed by atoms with E-state index in [0.717, 1.165) is 68.2 Å². The van der Waals surface area contributed by atoms with Crippen LogP contribution in [0.3, 0.4) is 0 Å². The van der Waals surface area contributed by atoms with Gasteiger partial charge in [0.15, 0.2) is 6.29 Å². The van der Waals surface area contributed by atoms with Gasteiger partial charge in [-0.1, -0.05) is 86.8 Å². The maximum absolute atomic E-state index is 11.4. The molecule has 7 heteroatoms. The number of para-hydroxylation sites is 2. The summed E-state index contributed by atoms with van der Waals surface area (Å²) in [6, 6.07) is 42.3.